The fraction of sp³-hybridized carbons (Fsp3) is 0.877. The standard InChI is InChI=1S/C57H110NO7P/c1-3-5-7-9-11-13-15-17-19-21-23-25-27-28-29-30-32-34-36-38-40-42-44-46-48-50-57(59)65-56(55-64-66(60,61)63-53-51-58)54-62-52-49-47-45-43-41-39-37-35-33-31-26-24-22-20-18-16-14-12-10-8-6-4-2/h15,17,21,23,27-28,56H,3-14,16,18-20,22,24-26,29-55,58H2,1-2H3,(H,60,61)/b17-15-,23-21-,28-27-. The van der Waals surface area contributed by atoms with Crippen LogP contribution in [0.2, 0.25) is 0 Å². The molecule has 0 saturated heterocycles. The number of hydrogen-bond donors (Lipinski definition) is 2. The van der Waals surface area contributed by atoms with E-state index in [1.165, 1.54) is 218 Å². The van der Waals surface area contributed by atoms with Gasteiger partial charge in [0.05, 0.1) is 19.8 Å². The summed E-state index contributed by atoms with van der Waals surface area (Å²) in [5.41, 5.74) is 5.40. The Morgan fingerprint density at radius 3 is 1.20 bits per heavy atom. The SMILES string of the molecule is CCCCCCC/C=C\C/C=C\C/C=C\CCCCCCCCCCCCC(=O)OC(COCCCCCCCCCCCCCCCCCCCCCCCC)COP(=O)(O)OCCN. The van der Waals surface area contributed by atoms with Gasteiger partial charge in [0.15, 0.2) is 0 Å². The van der Waals surface area contributed by atoms with Gasteiger partial charge in [0.25, 0.3) is 0 Å². The lowest BCUT2D eigenvalue weighted by atomic mass is 10.0. The van der Waals surface area contributed by atoms with Crippen LogP contribution in [-0.4, -0.2) is 49.9 Å². The second kappa shape index (κ2) is 54.7. The molecule has 0 fully saturated rings. The van der Waals surface area contributed by atoms with Gasteiger partial charge in [-0.3, -0.25) is 13.8 Å². The molecule has 2 unspecified atom stereocenters. The summed E-state index contributed by atoms with van der Waals surface area (Å²) in [6, 6.07) is 0. The third-order valence-electron chi connectivity index (χ3n) is 12.6. The van der Waals surface area contributed by atoms with Gasteiger partial charge in [-0.25, -0.2) is 4.57 Å². The fourth-order valence-corrected chi connectivity index (χ4v) is 9.13. The number of allylic oxidation sites excluding steroid dienone is 6. The van der Waals surface area contributed by atoms with Crippen LogP contribution in [0.3, 0.4) is 0 Å². The zero-order valence-corrected chi connectivity index (χ0v) is 44.6. The number of ether oxygens (including phenoxy) is 2. The van der Waals surface area contributed by atoms with Gasteiger partial charge in [0, 0.05) is 19.6 Å². The summed E-state index contributed by atoms with van der Waals surface area (Å²) in [5.74, 6) is -0.329. The summed E-state index contributed by atoms with van der Waals surface area (Å²) in [6.45, 7) is 4.97. The molecule has 0 bridgehead atoms. The highest BCUT2D eigenvalue weighted by Crippen LogP contribution is 2.43. The van der Waals surface area contributed by atoms with Crippen LogP contribution >= 0.6 is 7.82 Å². The van der Waals surface area contributed by atoms with Crippen molar-refractivity contribution in [3.8, 4) is 0 Å². The second-order valence-corrected chi connectivity index (χ2v) is 20.6. The van der Waals surface area contributed by atoms with Gasteiger partial charge in [-0.1, -0.05) is 262 Å². The highest BCUT2D eigenvalue weighted by Gasteiger charge is 2.25. The molecule has 8 nitrogen and oxygen atoms in total. The zero-order chi connectivity index (χ0) is 48.0. The van der Waals surface area contributed by atoms with E-state index in [4.69, 9.17) is 24.3 Å². The molecule has 0 heterocycles. The molecule has 66 heavy (non-hydrogen) atoms. The third-order valence-corrected chi connectivity index (χ3v) is 13.5. The summed E-state index contributed by atoms with van der Waals surface area (Å²) < 4.78 is 33.7. The summed E-state index contributed by atoms with van der Waals surface area (Å²) in [6.07, 6.45) is 66.2. The number of nitrogens with two attached hydrogens (primary N) is 1. The number of hydrogen-bond acceptors (Lipinski definition) is 7. The van der Waals surface area contributed by atoms with Gasteiger partial charge in [0.1, 0.15) is 6.10 Å². The average Bonchev–Trinajstić information content (AvgIpc) is 3.31. The van der Waals surface area contributed by atoms with E-state index >= 15 is 0 Å². The highest BCUT2D eigenvalue weighted by atomic mass is 31.2. The normalized spacial score (nSPS) is 13.5. The molecule has 390 valence electrons. The first-order valence-corrected chi connectivity index (χ1v) is 30.0. The molecule has 0 amide bonds. The minimum atomic E-state index is -4.29. The van der Waals surface area contributed by atoms with Crippen molar-refractivity contribution in [2.45, 2.75) is 290 Å². The van der Waals surface area contributed by atoms with Gasteiger partial charge in [0.2, 0.25) is 0 Å². The molecular formula is C57H110NO7P. The van der Waals surface area contributed by atoms with Crippen LogP contribution in [0.5, 0.6) is 0 Å². The number of carbonyl (C=O) groups excluding carboxylic acids is 1. The second-order valence-electron chi connectivity index (χ2n) is 19.2. The van der Waals surface area contributed by atoms with Crippen LogP contribution < -0.4 is 5.73 Å². The Labute approximate surface area is 409 Å². The maximum Gasteiger partial charge on any atom is 0.472 e. The van der Waals surface area contributed by atoms with E-state index in [0.717, 1.165) is 44.9 Å². The summed E-state index contributed by atoms with van der Waals surface area (Å²) >= 11 is 0. The van der Waals surface area contributed by atoms with Crippen molar-refractivity contribution in [2.24, 2.45) is 5.73 Å². The van der Waals surface area contributed by atoms with Crippen LogP contribution in [0.4, 0.5) is 0 Å². The molecule has 0 aromatic rings. The quantitative estimate of drug-likeness (QED) is 0.0268. The first kappa shape index (κ1) is 64.7. The summed E-state index contributed by atoms with van der Waals surface area (Å²) in [7, 11) is -4.29. The van der Waals surface area contributed by atoms with Crippen molar-refractivity contribution in [1.82, 2.24) is 0 Å². The van der Waals surface area contributed by atoms with Crippen LogP contribution in [-0.2, 0) is 27.9 Å². The maximum atomic E-state index is 12.7. The van der Waals surface area contributed by atoms with E-state index in [2.05, 4.69) is 50.3 Å². The molecule has 0 aromatic carbocycles. The molecule has 0 saturated carbocycles. The number of unbranched alkanes of at least 4 members (excludes halogenated alkanes) is 36. The van der Waals surface area contributed by atoms with Gasteiger partial charge < -0.3 is 20.1 Å². The van der Waals surface area contributed by atoms with Crippen molar-refractivity contribution >= 4 is 13.8 Å². The molecule has 0 aliphatic rings. The number of phosphoric ester groups is 1. The van der Waals surface area contributed by atoms with Gasteiger partial charge in [-0.2, -0.15) is 0 Å². The highest BCUT2D eigenvalue weighted by molar-refractivity contribution is 7.47. The molecule has 0 radical (unpaired) electrons. The molecule has 0 aliphatic carbocycles. The largest absolute Gasteiger partial charge is 0.472 e. The first-order chi connectivity index (χ1) is 32.4. The molecule has 3 N–H and O–H groups in total. The lowest BCUT2D eigenvalue weighted by Crippen LogP contribution is -2.28. The minimum Gasteiger partial charge on any atom is -0.457 e. The summed E-state index contributed by atoms with van der Waals surface area (Å²) in [4.78, 5) is 22.7. The van der Waals surface area contributed by atoms with Gasteiger partial charge in [-0.05, 0) is 51.4 Å². The molecule has 2 atom stereocenters. The van der Waals surface area contributed by atoms with E-state index < -0.39 is 13.9 Å². The average molecular weight is 952 g/mol. The van der Waals surface area contributed by atoms with Crippen molar-refractivity contribution < 1.29 is 32.8 Å². The Balaban J connectivity index is 3.88. The monoisotopic (exact) mass is 952 g/mol. The van der Waals surface area contributed by atoms with Crippen molar-refractivity contribution in [1.29, 1.82) is 0 Å². The molecule has 0 aliphatic heterocycles. The van der Waals surface area contributed by atoms with E-state index in [1.54, 1.807) is 0 Å². The topological polar surface area (TPSA) is 117 Å². The predicted octanol–water partition coefficient (Wildman–Crippen LogP) is 18.1. The molecular weight excluding hydrogens is 842 g/mol. The predicted molar refractivity (Wildman–Crippen MR) is 284 cm³/mol. The fourth-order valence-electron chi connectivity index (χ4n) is 8.36. The molecule has 9 heteroatoms. The van der Waals surface area contributed by atoms with Crippen LogP contribution in [0, 0.1) is 0 Å². The molecule has 0 rings (SSSR count). The third kappa shape index (κ3) is 53.7. The minimum absolute atomic E-state index is 0.0946. The Bertz CT molecular complexity index is 1110. The summed E-state index contributed by atoms with van der Waals surface area (Å²) in [5, 5.41) is 0. The van der Waals surface area contributed by atoms with Crippen molar-refractivity contribution in [2.75, 3.05) is 33.0 Å². The Hall–Kier alpha value is -1.28. The molecule has 0 aromatic heterocycles. The van der Waals surface area contributed by atoms with Crippen molar-refractivity contribution in [3.05, 3.63) is 36.5 Å². The van der Waals surface area contributed by atoms with E-state index in [1.807, 2.05) is 0 Å². The lowest BCUT2D eigenvalue weighted by molar-refractivity contribution is -0.154. The van der Waals surface area contributed by atoms with Crippen LogP contribution in [0.15, 0.2) is 36.5 Å². The Kier molecular flexibility index (Phi) is 53.6. The smallest absolute Gasteiger partial charge is 0.457 e. The van der Waals surface area contributed by atoms with Crippen LogP contribution in [0.1, 0.15) is 284 Å². The Morgan fingerprint density at radius 2 is 0.803 bits per heavy atom. The first-order valence-electron chi connectivity index (χ1n) is 28.5. The van der Waals surface area contributed by atoms with E-state index in [-0.39, 0.29) is 32.3 Å². The van der Waals surface area contributed by atoms with E-state index in [0.29, 0.717) is 13.0 Å². The van der Waals surface area contributed by atoms with Gasteiger partial charge >= 0.3 is 13.8 Å². The number of esters is 1. The number of rotatable bonds is 55. The Morgan fingerprint density at radius 1 is 0.455 bits per heavy atom. The van der Waals surface area contributed by atoms with Gasteiger partial charge in [-0.15, -0.1) is 0 Å². The lowest BCUT2D eigenvalue weighted by Gasteiger charge is -2.20. The zero-order valence-electron chi connectivity index (χ0n) is 43.7. The van der Waals surface area contributed by atoms with Crippen LogP contribution in [0.25, 0.3) is 0 Å². The number of carbonyl (C=O) groups is 1. The van der Waals surface area contributed by atoms with E-state index in [9.17, 15) is 14.3 Å². The maximum absolute atomic E-state index is 12.7. The molecule has 0 spiro atoms. The van der Waals surface area contributed by atoms with Crippen molar-refractivity contribution in [3.63, 3.8) is 0 Å². The number of phosphoric acid groups is 1.